The van der Waals surface area contributed by atoms with Crippen molar-refractivity contribution >= 4 is 11.9 Å². The Kier molecular flexibility index (Phi) is 6.06. The molecule has 0 saturated carbocycles. The van der Waals surface area contributed by atoms with E-state index in [9.17, 15) is 9.59 Å². The van der Waals surface area contributed by atoms with Crippen LogP contribution in [0.5, 0.6) is 5.75 Å². The number of amides is 1. The lowest BCUT2D eigenvalue weighted by Crippen LogP contribution is -2.31. The zero-order valence-corrected chi connectivity index (χ0v) is 15.7. The number of nitrogens with zero attached hydrogens (tertiary/aromatic N) is 2. The van der Waals surface area contributed by atoms with Gasteiger partial charge in [-0.1, -0.05) is 48.5 Å². The maximum atomic E-state index is 12.4. The number of benzene rings is 2. The second-order valence-electron chi connectivity index (χ2n) is 6.10. The zero-order valence-electron chi connectivity index (χ0n) is 15.7. The van der Waals surface area contributed by atoms with Crippen molar-refractivity contribution in [2.24, 2.45) is 0 Å². The number of para-hydroxylation sites is 1. The van der Waals surface area contributed by atoms with Gasteiger partial charge in [0, 0.05) is 0 Å². The monoisotopic (exact) mass is 379 g/mol. The highest BCUT2D eigenvalue weighted by Gasteiger charge is 2.21. The number of ether oxygens (including phenoxy) is 2. The summed E-state index contributed by atoms with van der Waals surface area (Å²) in [5.74, 6) is -0.855. The summed E-state index contributed by atoms with van der Waals surface area (Å²) in [6.07, 6.45) is 1.59. The maximum Gasteiger partial charge on any atom is 0.363 e. The molecule has 3 rings (SSSR count). The quantitative estimate of drug-likeness (QED) is 0.638. The van der Waals surface area contributed by atoms with Crippen molar-refractivity contribution in [1.82, 2.24) is 15.1 Å². The van der Waals surface area contributed by atoms with Crippen LogP contribution < -0.4 is 10.1 Å². The van der Waals surface area contributed by atoms with E-state index in [1.54, 1.807) is 6.20 Å². The Morgan fingerprint density at radius 3 is 2.36 bits per heavy atom. The molecule has 1 aromatic heterocycles. The average molecular weight is 379 g/mol. The third kappa shape index (κ3) is 4.56. The molecule has 0 fully saturated rings. The second-order valence-corrected chi connectivity index (χ2v) is 6.10. The summed E-state index contributed by atoms with van der Waals surface area (Å²) in [6.45, 7) is 1.46. The number of hydrogen-bond acceptors (Lipinski definition) is 5. The summed E-state index contributed by atoms with van der Waals surface area (Å²) in [5, 5.41) is 7.01. The van der Waals surface area contributed by atoms with Crippen molar-refractivity contribution in [3.05, 3.63) is 78.1 Å². The molecule has 2 aromatic carbocycles. The standard InChI is InChI=1S/C21H21N3O4/c1-15(16-9-5-3-6-10-16)22-19(25)14-28-21(26)20-18(27-2)13-24(23-20)17-11-7-4-8-12-17/h3-13,15H,14H2,1-2H3,(H,22,25)/t15-/m0/s1. The summed E-state index contributed by atoms with van der Waals surface area (Å²) in [5.41, 5.74) is 1.75. The van der Waals surface area contributed by atoms with Crippen LogP contribution in [0.2, 0.25) is 0 Å². The van der Waals surface area contributed by atoms with E-state index in [-0.39, 0.29) is 17.5 Å². The van der Waals surface area contributed by atoms with Gasteiger partial charge in [0.25, 0.3) is 5.91 Å². The van der Waals surface area contributed by atoms with E-state index in [2.05, 4.69) is 10.4 Å². The van der Waals surface area contributed by atoms with E-state index in [4.69, 9.17) is 9.47 Å². The van der Waals surface area contributed by atoms with Gasteiger partial charge in [-0.2, -0.15) is 5.10 Å². The molecule has 0 spiro atoms. The minimum Gasteiger partial charge on any atom is -0.493 e. The second kappa shape index (κ2) is 8.85. The smallest absolute Gasteiger partial charge is 0.363 e. The lowest BCUT2D eigenvalue weighted by Gasteiger charge is -2.14. The van der Waals surface area contributed by atoms with Crippen LogP contribution in [0.3, 0.4) is 0 Å². The first kappa shape index (κ1) is 19.2. The lowest BCUT2D eigenvalue weighted by molar-refractivity contribution is -0.124. The molecule has 7 nitrogen and oxygen atoms in total. The van der Waals surface area contributed by atoms with Crippen molar-refractivity contribution in [2.45, 2.75) is 13.0 Å². The van der Waals surface area contributed by atoms with Gasteiger partial charge in [0.05, 0.1) is 25.0 Å². The molecule has 1 amide bonds. The number of rotatable bonds is 7. The molecular formula is C21H21N3O4. The fraction of sp³-hybridized carbons (Fsp3) is 0.190. The minimum atomic E-state index is -0.728. The normalized spacial score (nSPS) is 11.5. The lowest BCUT2D eigenvalue weighted by atomic mass is 10.1. The van der Waals surface area contributed by atoms with Crippen LogP contribution in [-0.2, 0) is 9.53 Å². The first-order valence-corrected chi connectivity index (χ1v) is 8.79. The highest BCUT2D eigenvalue weighted by atomic mass is 16.5. The van der Waals surface area contributed by atoms with E-state index < -0.39 is 18.5 Å². The van der Waals surface area contributed by atoms with E-state index in [1.807, 2.05) is 67.6 Å². The van der Waals surface area contributed by atoms with Gasteiger partial charge in [-0.3, -0.25) is 4.79 Å². The fourth-order valence-corrected chi connectivity index (χ4v) is 2.67. The number of methoxy groups -OCH3 is 1. The Morgan fingerprint density at radius 2 is 1.71 bits per heavy atom. The first-order chi connectivity index (χ1) is 13.6. The highest BCUT2D eigenvalue weighted by Crippen LogP contribution is 2.20. The predicted octanol–water partition coefficient (Wildman–Crippen LogP) is 2.92. The van der Waals surface area contributed by atoms with Gasteiger partial charge in [0.2, 0.25) is 5.69 Å². The molecule has 0 saturated heterocycles. The Morgan fingerprint density at radius 1 is 1.07 bits per heavy atom. The zero-order chi connectivity index (χ0) is 19.9. The van der Waals surface area contributed by atoms with E-state index >= 15 is 0 Å². The molecule has 1 N–H and O–H groups in total. The number of hydrogen-bond donors (Lipinski definition) is 1. The molecule has 28 heavy (non-hydrogen) atoms. The van der Waals surface area contributed by atoms with Crippen LogP contribution >= 0.6 is 0 Å². The molecular weight excluding hydrogens is 358 g/mol. The first-order valence-electron chi connectivity index (χ1n) is 8.79. The van der Waals surface area contributed by atoms with Gasteiger partial charge < -0.3 is 14.8 Å². The number of aromatic nitrogens is 2. The topological polar surface area (TPSA) is 82.5 Å². The molecule has 0 aliphatic heterocycles. The van der Waals surface area contributed by atoms with Crippen LogP contribution in [0.4, 0.5) is 0 Å². The molecule has 1 heterocycles. The van der Waals surface area contributed by atoms with Gasteiger partial charge in [0.1, 0.15) is 0 Å². The molecule has 1 atom stereocenters. The molecule has 0 aliphatic rings. The van der Waals surface area contributed by atoms with Crippen molar-refractivity contribution in [3.8, 4) is 11.4 Å². The van der Waals surface area contributed by atoms with Gasteiger partial charge in [-0.05, 0) is 24.6 Å². The molecule has 7 heteroatoms. The van der Waals surface area contributed by atoms with E-state index in [0.717, 1.165) is 11.3 Å². The van der Waals surface area contributed by atoms with Crippen molar-refractivity contribution in [3.63, 3.8) is 0 Å². The van der Waals surface area contributed by atoms with Crippen molar-refractivity contribution in [1.29, 1.82) is 0 Å². The minimum absolute atomic E-state index is 0.00950. The number of carbonyl (C=O) groups is 2. The van der Waals surface area contributed by atoms with Gasteiger partial charge in [-0.15, -0.1) is 0 Å². The summed E-state index contributed by atoms with van der Waals surface area (Å²) >= 11 is 0. The Balaban J connectivity index is 1.61. The third-order valence-electron chi connectivity index (χ3n) is 4.13. The largest absolute Gasteiger partial charge is 0.493 e. The molecule has 0 bridgehead atoms. The van der Waals surface area contributed by atoms with Crippen LogP contribution in [-0.4, -0.2) is 35.4 Å². The fourth-order valence-electron chi connectivity index (χ4n) is 2.67. The Labute approximate surface area is 162 Å². The Hall–Kier alpha value is -3.61. The Bertz CT molecular complexity index is 939. The van der Waals surface area contributed by atoms with Gasteiger partial charge in [0.15, 0.2) is 12.4 Å². The number of esters is 1. The highest BCUT2D eigenvalue weighted by molar-refractivity contribution is 5.92. The molecule has 0 aliphatic carbocycles. The van der Waals surface area contributed by atoms with Gasteiger partial charge in [-0.25, -0.2) is 9.48 Å². The summed E-state index contributed by atoms with van der Waals surface area (Å²) in [7, 11) is 1.44. The van der Waals surface area contributed by atoms with Crippen LogP contribution in [0.15, 0.2) is 66.9 Å². The maximum absolute atomic E-state index is 12.4. The number of nitrogens with one attached hydrogen (secondary N) is 1. The summed E-state index contributed by atoms with van der Waals surface area (Å²) in [4.78, 5) is 24.5. The third-order valence-corrected chi connectivity index (χ3v) is 4.13. The van der Waals surface area contributed by atoms with Crippen LogP contribution in [0.1, 0.15) is 29.0 Å². The average Bonchev–Trinajstić information content (AvgIpc) is 3.18. The van der Waals surface area contributed by atoms with E-state index in [1.165, 1.54) is 11.8 Å². The molecule has 0 unspecified atom stereocenters. The van der Waals surface area contributed by atoms with Crippen LogP contribution in [0, 0.1) is 0 Å². The molecule has 3 aromatic rings. The summed E-state index contributed by atoms with van der Waals surface area (Å²) in [6, 6.07) is 18.6. The summed E-state index contributed by atoms with van der Waals surface area (Å²) < 4.78 is 11.8. The molecule has 0 radical (unpaired) electrons. The van der Waals surface area contributed by atoms with Crippen LogP contribution in [0.25, 0.3) is 5.69 Å². The predicted molar refractivity (Wildman–Crippen MR) is 103 cm³/mol. The SMILES string of the molecule is COc1cn(-c2ccccc2)nc1C(=O)OCC(=O)N[C@@H](C)c1ccccc1. The van der Waals surface area contributed by atoms with Crippen molar-refractivity contribution in [2.75, 3.05) is 13.7 Å². The molecule has 144 valence electrons. The van der Waals surface area contributed by atoms with Crippen molar-refractivity contribution < 1.29 is 19.1 Å². The number of carbonyl (C=O) groups excluding carboxylic acids is 2. The van der Waals surface area contributed by atoms with Gasteiger partial charge >= 0.3 is 5.97 Å². The van der Waals surface area contributed by atoms with E-state index in [0.29, 0.717) is 0 Å².